The summed E-state index contributed by atoms with van der Waals surface area (Å²) in [5.74, 6) is -0.673. The second-order valence-corrected chi connectivity index (χ2v) is 4.69. The maximum atomic E-state index is 10.6. The number of benzene rings is 1. The molecule has 0 unspecified atom stereocenters. The second kappa shape index (κ2) is 7.60. The Morgan fingerprint density at radius 1 is 1.32 bits per heavy atom. The molecular formula is C15H13F3N4O3. The van der Waals surface area contributed by atoms with Gasteiger partial charge in [0.1, 0.15) is 5.82 Å². The lowest BCUT2D eigenvalue weighted by atomic mass is 10.1. The molecule has 2 aromatic heterocycles. The summed E-state index contributed by atoms with van der Waals surface area (Å²) in [6.07, 6.45) is -0.796. The molecule has 10 heteroatoms. The van der Waals surface area contributed by atoms with Gasteiger partial charge >= 0.3 is 12.1 Å². The molecule has 0 aliphatic rings. The van der Waals surface area contributed by atoms with Crippen LogP contribution < -0.4 is 0 Å². The van der Waals surface area contributed by atoms with Gasteiger partial charge in [-0.3, -0.25) is 0 Å². The van der Waals surface area contributed by atoms with Gasteiger partial charge in [-0.05, 0) is 12.1 Å². The Bertz CT molecular complexity index is 829. The number of nitrogens with one attached hydrogen (secondary N) is 1. The van der Waals surface area contributed by atoms with Gasteiger partial charge in [0.05, 0.1) is 0 Å². The van der Waals surface area contributed by atoms with E-state index in [1.54, 1.807) is 12.4 Å². The van der Waals surface area contributed by atoms with Crippen LogP contribution in [0.15, 0.2) is 41.2 Å². The minimum Gasteiger partial charge on any atom is -0.475 e. The molecule has 0 aliphatic carbocycles. The van der Waals surface area contributed by atoms with Crippen LogP contribution in [0.5, 0.6) is 0 Å². The molecule has 0 amide bonds. The zero-order valence-electron chi connectivity index (χ0n) is 12.9. The van der Waals surface area contributed by atoms with Crippen LogP contribution in [0.3, 0.4) is 0 Å². The average Bonchev–Trinajstić information content (AvgIpc) is 3.26. The number of aryl methyl sites for hydroxylation is 1. The number of carbonyl (C=O) groups is 1. The Morgan fingerprint density at radius 3 is 2.52 bits per heavy atom. The van der Waals surface area contributed by atoms with Gasteiger partial charge in [-0.25, -0.2) is 9.78 Å². The van der Waals surface area contributed by atoms with Crippen LogP contribution in [0, 0.1) is 0 Å². The highest BCUT2D eigenvalue weighted by Gasteiger charge is 2.38. The van der Waals surface area contributed by atoms with Crippen LogP contribution >= 0.6 is 0 Å². The lowest BCUT2D eigenvalue weighted by molar-refractivity contribution is -0.192. The van der Waals surface area contributed by atoms with Crippen LogP contribution in [0.25, 0.3) is 22.8 Å². The first-order valence-electron chi connectivity index (χ1n) is 7.04. The first-order valence-corrected chi connectivity index (χ1v) is 7.04. The van der Waals surface area contributed by atoms with Crippen molar-refractivity contribution in [3.63, 3.8) is 0 Å². The summed E-state index contributed by atoms with van der Waals surface area (Å²) in [4.78, 5) is 20.5. The maximum absolute atomic E-state index is 10.6. The Morgan fingerprint density at radius 2 is 2.00 bits per heavy atom. The van der Waals surface area contributed by atoms with Crippen LogP contribution in [0.2, 0.25) is 0 Å². The number of nitrogens with zero attached hydrogens (tertiary/aromatic N) is 3. The van der Waals surface area contributed by atoms with E-state index in [4.69, 9.17) is 14.4 Å². The largest absolute Gasteiger partial charge is 0.490 e. The lowest BCUT2D eigenvalue weighted by Crippen LogP contribution is -2.21. The van der Waals surface area contributed by atoms with Crippen LogP contribution in [-0.4, -0.2) is 37.4 Å². The number of hydrogen-bond acceptors (Lipinski definition) is 5. The molecule has 2 N–H and O–H groups in total. The summed E-state index contributed by atoms with van der Waals surface area (Å²) < 4.78 is 37.0. The molecule has 0 fully saturated rings. The summed E-state index contributed by atoms with van der Waals surface area (Å²) in [5.41, 5.74) is 1.89. The average molecular weight is 354 g/mol. The molecule has 0 aliphatic heterocycles. The topological polar surface area (TPSA) is 105 Å². The third-order valence-electron chi connectivity index (χ3n) is 2.91. The zero-order chi connectivity index (χ0) is 18.4. The van der Waals surface area contributed by atoms with Crippen molar-refractivity contribution in [1.29, 1.82) is 0 Å². The van der Waals surface area contributed by atoms with Crippen LogP contribution in [-0.2, 0) is 11.2 Å². The number of halogens is 3. The van der Waals surface area contributed by atoms with E-state index in [9.17, 15) is 13.2 Å². The van der Waals surface area contributed by atoms with E-state index in [2.05, 4.69) is 20.1 Å². The van der Waals surface area contributed by atoms with Gasteiger partial charge in [0.2, 0.25) is 0 Å². The summed E-state index contributed by atoms with van der Waals surface area (Å²) in [6, 6.07) is 7.85. The lowest BCUT2D eigenvalue weighted by Gasteiger charge is -1.98. The van der Waals surface area contributed by atoms with Crippen molar-refractivity contribution in [1.82, 2.24) is 20.1 Å². The predicted octanol–water partition coefficient (Wildman–Crippen LogP) is 3.32. The smallest absolute Gasteiger partial charge is 0.475 e. The number of rotatable bonds is 3. The molecule has 0 atom stereocenters. The SMILES string of the molecule is CCc1noc(-c2cccc(-c3ncc[nH]3)c2)n1.O=C(O)C(F)(F)F. The van der Waals surface area contributed by atoms with E-state index in [1.165, 1.54) is 0 Å². The molecule has 0 saturated carbocycles. The van der Waals surface area contributed by atoms with Gasteiger partial charge in [-0.1, -0.05) is 24.2 Å². The molecule has 0 saturated heterocycles. The summed E-state index contributed by atoms with van der Waals surface area (Å²) in [7, 11) is 0. The van der Waals surface area contributed by atoms with Crippen molar-refractivity contribution in [2.75, 3.05) is 0 Å². The van der Waals surface area contributed by atoms with Crippen LogP contribution in [0.1, 0.15) is 12.7 Å². The van der Waals surface area contributed by atoms with Crippen molar-refractivity contribution < 1.29 is 27.6 Å². The first-order chi connectivity index (χ1) is 11.8. The van der Waals surface area contributed by atoms with Gasteiger partial charge < -0.3 is 14.6 Å². The van der Waals surface area contributed by atoms with Crippen molar-refractivity contribution in [2.45, 2.75) is 19.5 Å². The number of carboxylic acids is 1. The fraction of sp³-hybridized carbons (Fsp3) is 0.200. The normalized spacial score (nSPS) is 10.9. The molecule has 0 spiro atoms. The van der Waals surface area contributed by atoms with Gasteiger partial charge in [0.15, 0.2) is 5.82 Å². The Labute approximate surface area is 139 Å². The molecule has 0 radical (unpaired) electrons. The number of aromatic nitrogens is 4. The van der Waals surface area contributed by atoms with Crippen molar-refractivity contribution in [3.05, 3.63) is 42.5 Å². The summed E-state index contributed by atoms with van der Waals surface area (Å²) in [6.45, 7) is 1.99. The van der Waals surface area contributed by atoms with Gasteiger partial charge in [0, 0.05) is 29.9 Å². The van der Waals surface area contributed by atoms with E-state index >= 15 is 0 Å². The van der Waals surface area contributed by atoms with Gasteiger partial charge in [-0.2, -0.15) is 18.2 Å². The predicted molar refractivity (Wildman–Crippen MR) is 80.4 cm³/mol. The zero-order valence-corrected chi connectivity index (χ0v) is 12.9. The number of H-pyrrole nitrogens is 1. The quantitative estimate of drug-likeness (QED) is 0.747. The van der Waals surface area contributed by atoms with E-state index in [0.29, 0.717) is 11.7 Å². The molecule has 0 bridgehead atoms. The molecular weight excluding hydrogens is 341 g/mol. The number of aromatic amines is 1. The Kier molecular flexibility index (Phi) is 5.52. The van der Waals surface area contributed by atoms with E-state index < -0.39 is 12.1 Å². The molecule has 3 aromatic rings. The second-order valence-electron chi connectivity index (χ2n) is 4.69. The van der Waals surface area contributed by atoms with Crippen molar-refractivity contribution in [2.24, 2.45) is 0 Å². The van der Waals surface area contributed by atoms with Crippen molar-refractivity contribution in [3.8, 4) is 22.8 Å². The van der Waals surface area contributed by atoms with Gasteiger partial charge in [-0.15, -0.1) is 0 Å². The highest BCUT2D eigenvalue weighted by molar-refractivity contribution is 5.73. The highest BCUT2D eigenvalue weighted by Crippen LogP contribution is 2.23. The van der Waals surface area contributed by atoms with Crippen LogP contribution in [0.4, 0.5) is 13.2 Å². The fourth-order valence-corrected chi connectivity index (χ4v) is 1.74. The van der Waals surface area contributed by atoms with E-state index in [1.807, 2.05) is 31.2 Å². The molecule has 3 rings (SSSR count). The van der Waals surface area contributed by atoms with Crippen molar-refractivity contribution >= 4 is 5.97 Å². The number of imidazole rings is 1. The number of hydrogen-bond donors (Lipinski definition) is 2. The number of aliphatic carboxylic acids is 1. The monoisotopic (exact) mass is 354 g/mol. The Hall–Kier alpha value is -3.17. The minimum absolute atomic E-state index is 0.542. The van der Waals surface area contributed by atoms with Gasteiger partial charge in [0.25, 0.3) is 5.89 Å². The minimum atomic E-state index is -5.08. The molecule has 7 nitrogen and oxygen atoms in total. The van der Waals surface area contributed by atoms with E-state index in [0.717, 1.165) is 23.4 Å². The third-order valence-corrected chi connectivity index (χ3v) is 2.91. The maximum Gasteiger partial charge on any atom is 0.490 e. The standard InChI is InChI=1S/C13H12N4O.C2HF3O2/c1-2-11-16-13(18-17-11)10-5-3-4-9(8-10)12-14-6-7-15-12;3-2(4,5)1(6)7/h3-8H,2H2,1H3,(H,14,15);(H,6,7). The summed E-state index contributed by atoms with van der Waals surface area (Å²) in [5, 5.41) is 11.0. The molecule has 25 heavy (non-hydrogen) atoms. The molecule has 2 heterocycles. The third kappa shape index (κ3) is 4.90. The number of carboxylic acid groups (broad SMARTS) is 1. The fourth-order valence-electron chi connectivity index (χ4n) is 1.74. The first kappa shape index (κ1) is 18.2. The summed E-state index contributed by atoms with van der Waals surface area (Å²) >= 11 is 0. The molecule has 132 valence electrons. The number of alkyl halides is 3. The molecule has 1 aromatic carbocycles. The highest BCUT2D eigenvalue weighted by atomic mass is 19.4. The Balaban J connectivity index is 0.000000277. The van der Waals surface area contributed by atoms with E-state index in [-0.39, 0.29) is 0 Å².